The van der Waals surface area contributed by atoms with Crippen molar-refractivity contribution >= 4 is 17.8 Å². The molecule has 0 fully saturated rings. The van der Waals surface area contributed by atoms with Crippen LogP contribution in [0.2, 0.25) is 0 Å². The molecule has 1 aromatic heterocycles. The third-order valence-electron chi connectivity index (χ3n) is 4.23. The van der Waals surface area contributed by atoms with Crippen LogP contribution in [0, 0.1) is 12.7 Å². The first-order chi connectivity index (χ1) is 12.4. The summed E-state index contributed by atoms with van der Waals surface area (Å²) in [5.74, 6) is 0.0400. The average molecular weight is 358 g/mol. The van der Waals surface area contributed by atoms with Gasteiger partial charge in [0, 0.05) is 18.3 Å². The summed E-state index contributed by atoms with van der Waals surface area (Å²) in [7, 11) is 0. The van der Waals surface area contributed by atoms with Crippen molar-refractivity contribution in [1.29, 1.82) is 0 Å². The second-order valence-electron chi connectivity index (χ2n) is 5.95. The number of hydrogen-bond donors (Lipinski definition) is 2. The highest BCUT2D eigenvalue weighted by Crippen LogP contribution is 2.31. The van der Waals surface area contributed by atoms with Gasteiger partial charge in [-0.05, 0) is 38.5 Å². The summed E-state index contributed by atoms with van der Waals surface area (Å²) in [5, 5.41) is 9.25. The zero-order valence-electron chi connectivity index (χ0n) is 14.7. The van der Waals surface area contributed by atoms with Crippen LogP contribution in [0.5, 0.6) is 0 Å². The van der Waals surface area contributed by atoms with E-state index in [4.69, 9.17) is 4.52 Å². The first-order valence-electron chi connectivity index (χ1n) is 8.19. The molecule has 0 bridgehead atoms. The second kappa shape index (κ2) is 6.99. The predicted molar refractivity (Wildman–Crippen MR) is 92.6 cm³/mol. The molecule has 2 heterocycles. The Hall–Kier alpha value is -3.16. The van der Waals surface area contributed by atoms with Gasteiger partial charge in [0.1, 0.15) is 11.6 Å². The molecular formula is C18H19FN4O3. The first kappa shape index (κ1) is 17.7. The van der Waals surface area contributed by atoms with Gasteiger partial charge in [-0.1, -0.05) is 17.3 Å². The van der Waals surface area contributed by atoms with E-state index in [0.29, 0.717) is 29.1 Å². The maximum atomic E-state index is 13.3. The molecule has 3 amide bonds. The lowest BCUT2D eigenvalue weighted by molar-refractivity contribution is -0.113. The van der Waals surface area contributed by atoms with Crippen LogP contribution in [-0.2, 0) is 4.79 Å². The van der Waals surface area contributed by atoms with Crippen LogP contribution < -0.4 is 10.6 Å². The van der Waals surface area contributed by atoms with Gasteiger partial charge in [-0.25, -0.2) is 9.18 Å². The number of urea groups is 1. The molecule has 2 N–H and O–H groups in total. The van der Waals surface area contributed by atoms with Crippen molar-refractivity contribution in [2.45, 2.75) is 26.8 Å². The predicted octanol–water partition coefficient (Wildman–Crippen LogP) is 3.12. The third-order valence-corrected chi connectivity index (χ3v) is 4.23. The van der Waals surface area contributed by atoms with Crippen molar-refractivity contribution in [3.8, 4) is 0 Å². The summed E-state index contributed by atoms with van der Waals surface area (Å²) in [6.45, 7) is 5.65. The molecule has 0 saturated heterocycles. The van der Waals surface area contributed by atoms with E-state index in [1.807, 2.05) is 6.92 Å². The van der Waals surface area contributed by atoms with Crippen LogP contribution in [-0.4, -0.2) is 28.5 Å². The summed E-state index contributed by atoms with van der Waals surface area (Å²) in [6, 6.07) is 6.26. The highest BCUT2D eigenvalue weighted by atomic mass is 19.1. The molecule has 1 aliphatic heterocycles. The van der Waals surface area contributed by atoms with Gasteiger partial charge in [0.05, 0.1) is 11.6 Å². The lowest BCUT2D eigenvalue weighted by atomic mass is 9.94. The number of nitrogens with zero attached hydrogens (tertiary/aromatic N) is 2. The van der Waals surface area contributed by atoms with E-state index in [1.54, 1.807) is 32.0 Å². The Bertz CT molecular complexity index is 873. The van der Waals surface area contributed by atoms with E-state index in [9.17, 15) is 14.0 Å². The summed E-state index contributed by atoms with van der Waals surface area (Å²) in [6.07, 6.45) is 0. The third kappa shape index (κ3) is 3.30. The van der Waals surface area contributed by atoms with Gasteiger partial charge < -0.3 is 15.2 Å². The SMILES string of the molecule is CCN1C(=O)N[C@H](c2ccc(F)cc2)C(C(=O)Nc2cc(C)on2)=C1C. The number of hydrogen-bond acceptors (Lipinski definition) is 4. The van der Waals surface area contributed by atoms with Crippen molar-refractivity contribution in [2.24, 2.45) is 0 Å². The summed E-state index contributed by atoms with van der Waals surface area (Å²) < 4.78 is 18.2. The van der Waals surface area contributed by atoms with Gasteiger partial charge in [-0.3, -0.25) is 9.69 Å². The molecule has 0 spiro atoms. The minimum Gasteiger partial charge on any atom is -0.360 e. The largest absolute Gasteiger partial charge is 0.360 e. The number of anilines is 1. The molecule has 26 heavy (non-hydrogen) atoms. The van der Waals surface area contributed by atoms with Crippen LogP contribution in [0.1, 0.15) is 31.2 Å². The highest BCUT2D eigenvalue weighted by molar-refractivity contribution is 6.06. The second-order valence-corrected chi connectivity index (χ2v) is 5.95. The monoisotopic (exact) mass is 358 g/mol. The first-order valence-corrected chi connectivity index (χ1v) is 8.19. The van der Waals surface area contributed by atoms with E-state index in [-0.39, 0.29) is 11.8 Å². The molecule has 7 nitrogen and oxygen atoms in total. The van der Waals surface area contributed by atoms with E-state index >= 15 is 0 Å². The van der Waals surface area contributed by atoms with E-state index < -0.39 is 17.8 Å². The summed E-state index contributed by atoms with van der Waals surface area (Å²) in [5.41, 5.74) is 1.50. The molecule has 2 aromatic rings. The molecule has 136 valence electrons. The molecule has 8 heteroatoms. The number of carbonyl (C=O) groups excluding carboxylic acids is 2. The number of nitrogens with one attached hydrogen (secondary N) is 2. The number of benzene rings is 1. The normalized spacial score (nSPS) is 17.3. The number of halogens is 1. The molecular weight excluding hydrogens is 339 g/mol. The van der Waals surface area contributed by atoms with E-state index in [0.717, 1.165) is 0 Å². The van der Waals surface area contributed by atoms with Gasteiger partial charge >= 0.3 is 6.03 Å². The van der Waals surface area contributed by atoms with Crippen molar-refractivity contribution in [2.75, 3.05) is 11.9 Å². The summed E-state index contributed by atoms with van der Waals surface area (Å²) in [4.78, 5) is 26.7. The smallest absolute Gasteiger partial charge is 0.322 e. The van der Waals surface area contributed by atoms with Gasteiger partial charge in [0.2, 0.25) is 0 Å². The van der Waals surface area contributed by atoms with Gasteiger partial charge in [0.25, 0.3) is 5.91 Å². The maximum absolute atomic E-state index is 13.3. The fourth-order valence-corrected chi connectivity index (χ4v) is 2.97. The Labute approximate surface area is 149 Å². The molecule has 1 aliphatic rings. The van der Waals surface area contributed by atoms with Gasteiger partial charge in [-0.2, -0.15) is 0 Å². The Morgan fingerprint density at radius 2 is 2.04 bits per heavy atom. The Morgan fingerprint density at radius 1 is 1.35 bits per heavy atom. The van der Waals surface area contributed by atoms with Crippen molar-refractivity contribution in [3.63, 3.8) is 0 Å². The molecule has 0 aliphatic carbocycles. The van der Waals surface area contributed by atoms with Crippen molar-refractivity contribution in [3.05, 3.63) is 58.7 Å². The van der Waals surface area contributed by atoms with Crippen LogP contribution in [0.3, 0.4) is 0 Å². The fraction of sp³-hybridized carbons (Fsp3) is 0.278. The number of carbonyl (C=O) groups is 2. The Balaban J connectivity index is 2.01. The van der Waals surface area contributed by atoms with E-state index in [1.165, 1.54) is 17.0 Å². The molecule has 0 unspecified atom stereocenters. The average Bonchev–Trinajstić information content (AvgIpc) is 3.00. The zero-order chi connectivity index (χ0) is 18.8. The van der Waals surface area contributed by atoms with Crippen molar-refractivity contribution < 1.29 is 18.5 Å². The minimum absolute atomic E-state index is 0.283. The highest BCUT2D eigenvalue weighted by Gasteiger charge is 2.35. The zero-order valence-corrected chi connectivity index (χ0v) is 14.7. The molecule has 1 atom stereocenters. The van der Waals surface area contributed by atoms with Gasteiger partial charge in [-0.15, -0.1) is 0 Å². The molecule has 0 radical (unpaired) electrons. The van der Waals surface area contributed by atoms with Crippen LogP contribution in [0.25, 0.3) is 0 Å². The topological polar surface area (TPSA) is 87.5 Å². The Kier molecular flexibility index (Phi) is 4.75. The fourth-order valence-electron chi connectivity index (χ4n) is 2.97. The van der Waals surface area contributed by atoms with Crippen LogP contribution in [0.15, 0.2) is 46.1 Å². The maximum Gasteiger partial charge on any atom is 0.322 e. The number of amides is 3. The molecule has 3 rings (SSSR count). The quantitative estimate of drug-likeness (QED) is 0.879. The minimum atomic E-state index is -0.695. The molecule has 0 saturated carbocycles. The van der Waals surface area contributed by atoms with Gasteiger partial charge in [0.15, 0.2) is 5.82 Å². The number of allylic oxidation sites excluding steroid dienone is 1. The van der Waals surface area contributed by atoms with E-state index in [2.05, 4.69) is 15.8 Å². The van der Waals surface area contributed by atoms with Crippen LogP contribution >= 0.6 is 0 Å². The lowest BCUT2D eigenvalue weighted by Crippen LogP contribution is -2.48. The standard InChI is InChI=1S/C18H19FN4O3/c1-4-23-11(3)15(17(24)20-14-9-10(2)26-22-14)16(21-18(23)25)12-5-7-13(19)8-6-12/h5-9,16H,4H2,1-3H3,(H,21,25)(H,20,22,24)/t16-/m1/s1. The number of rotatable bonds is 4. The molecule has 1 aromatic carbocycles. The Morgan fingerprint density at radius 3 is 2.62 bits per heavy atom. The van der Waals surface area contributed by atoms with Crippen molar-refractivity contribution in [1.82, 2.24) is 15.4 Å². The number of aromatic nitrogens is 1. The number of aryl methyl sites for hydroxylation is 1. The lowest BCUT2D eigenvalue weighted by Gasteiger charge is -2.35. The van der Waals surface area contributed by atoms with Crippen LogP contribution in [0.4, 0.5) is 15.0 Å². The summed E-state index contributed by atoms with van der Waals surface area (Å²) >= 11 is 0.